The van der Waals surface area contributed by atoms with E-state index < -0.39 is 22.0 Å². The minimum absolute atomic E-state index is 0.163. The van der Waals surface area contributed by atoms with Gasteiger partial charge in [-0.1, -0.05) is 30.3 Å². The molecule has 2 heterocycles. The van der Waals surface area contributed by atoms with Crippen molar-refractivity contribution in [1.29, 1.82) is 0 Å². The van der Waals surface area contributed by atoms with E-state index in [0.29, 0.717) is 55.4 Å². The van der Waals surface area contributed by atoms with E-state index in [-0.39, 0.29) is 28.7 Å². The summed E-state index contributed by atoms with van der Waals surface area (Å²) in [4.78, 5) is 39.4. The number of sulfonamides is 1. The van der Waals surface area contributed by atoms with Gasteiger partial charge in [-0.3, -0.25) is 24.6 Å². The van der Waals surface area contributed by atoms with E-state index in [2.05, 4.69) is 20.8 Å². The zero-order valence-corrected chi connectivity index (χ0v) is 27.8. The summed E-state index contributed by atoms with van der Waals surface area (Å²) >= 11 is 0. The highest BCUT2D eigenvalue weighted by Crippen LogP contribution is 2.30. The Balaban J connectivity index is 1.25. The molecule has 1 aromatic heterocycles. The summed E-state index contributed by atoms with van der Waals surface area (Å²) in [5, 5.41) is 11.7. The maximum absolute atomic E-state index is 13.8. The van der Waals surface area contributed by atoms with E-state index in [1.165, 1.54) is 4.31 Å². The Labute approximate surface area is 279 Å². The quantitative estimate of drug-likeness (QED) is 0.171. The fourth-order valence-electron chi connectivity index (χ4n) is 6.61. The van der Waals surface area contributed by atoms with Crippen LogP contribution in [0.3, 0.4) is 0 Å². The van der Waals surface area contributed by atoms with Crippen LogP contribution in [0.25, 0.3) is 22.0 Å². The highest BCUT2D eigenvalue weighted by Gasteiger charge is 2.30. The number of hydrogen-bond donors (Lipinski definition) is 5. The number of aryl methyl sites for hydroxylation is 1. The number of nitrogens with one attached hydrogen (secondary N) is 4. The molecule has 2 aliphatic rings. The number of nitrogens with zero attached hydrogens (tertiary/aromatic N) is 1. The van der Waals surface area contributed by atoms with E-state index in [0.717, 1.165) is 47.9 Å². The molecule has 4 aromatic rings. The second-order valence-corrected chi connectivity index (χ2v) is 14.7. The number of nitrogens with two attached hydrogens (primary N) is 1. The molecular weight excluding hydrogens is 632 g/mol. The topological polar surface area (TPSA) is 179 Å². The van der Waals surface area contributed by atoms with Crippen LogP contribution in [0.5, 0.6) is 0 Å². The maximum Gasteiger partial charge on any atom is 0.271 e. The van der Waals surface area contributed by atoms with Gasteiger partial charge in [-0.05, 0) is 97.7 Å². The molecule has 1 saturated carbocycles. The van der Waals surface area contributed by atoms with Gasteiger partial charge in [-0.15, -0.1) is 0 Å². The Morgan fingerprint density at radius 1 is 1.00 bits per heavy atom. The Bertz CT molecular complexity index is 1960. The summed E-state index contributed by atoms with van der Waals surface area (Å²) in [5.41, 5.74) is 9.90. The molecule has 3 aromatic carbocycles. The molecule has 1 saturated heterocycles. The number of benzene rings is 3. The van der Waals surface area contributed by atoms with Crippen molar-refractivity contribution < 1.29 is 22.7 Å². The minimum Gasteiger partial charge on any atom is -0.379 e. The fraction of sp³-hybridized carbons (Fsp3) is 0.400. The van der Waals surface area contributed by atoms with Crippen molar-refractivity contribution in [3.05, 3.63) is 82.1 Å². The Morgan fingerprint density at radius 2 is 1.77 bits per heavy atom. The molecule has 12 nitrogen and oxygen atoms in total. The predicted molar refractivity (Wildman–Crippen MR) is 184 cm³/mol. The summed E-state index contributed by atoms with van der Waals surface area (Å²) < 4.78 is 33.6. The molecule has 254 valence electrons. The van der Waals surface area contributed by atoms with Gasteiger partial charge in [0.05, 0.1) is 29.0 Å². The lowest BCUT2D eigenvalue weighted by molar-refractivity contribution is -0.130. The first-order chi connectivity index (χ1) is 23.1. The van der Waals surface area contributed by atoms with Crippen LogP contribution in [-0.2, 0) is 30.8 Å². The number of fused-ring (bicyclic) bond motifs is 1. The molecule has 6 rings (SSSR count). The summed E-state index contributed by atoms with van der Waals surface area (Å²) in [6, 6.07) is 16.8. The van der Waals surface area contributed by atoms with Crippen LogP contribution in [0.1, 0.15) is 36.8 Å². The summed E-state index contributed by atoms with van der Waals surface area (Å²) in [5.74, 6) is -0.341. The highest BCUT2D eigenvalue weighted by atomic mass is 32.2. The number of carbonyl (C=O) groups is 2. The van der Waals surface area contributed by atoms with Crippen molar-refractivity contribution in [3.8, 4) is 11.1 Å². The standard InChI is InChI=1S/C35H42N6O6S/c1-22-5-11-28(48(45,46)41-13-15-47-16-14-41)20-30(22)26-4-2-3-24(17-26)18-32(38-33(42)25-8-6-23(21-36)7-9-25)35(44)37-27-10-12-29-31(19-27)39-40-34(29)43/h2-5,10-12,17,19-20,23,25,32H,6-9,13-16,18,21,36H2,1H3,(H,37,44)(H,38,42)(H2,39,40,43). The number of aromatic nitrogens is 2. The Hall–Kier alpha value is -4.30. The highest BCUT2D eigenvalue weighted by molar-refractivity contribution is 7.89. The number of ether oxygens (including phenoxy) is 1. The van der Waals surface area contributed by atoms with Crippen molar-refractivity contribution >= 4 is 38.4 Å². The van der Waals surface area contributed by atoms with E-state index in [4.69, 9.17) is 10.5 Å². The first kappa shape index (κ1) is 33.6. The second kappa shape index (κ2) is 14.4. The van der Waals surface area contributed by atoms with Gasteiger partial charge >= 0.3 is 0 Å². The number of rotatable bonds is 10. The maximum atomic E-state index is 13.8. The third-order valence-electron chi connectivity index (χ3n) is 9.52. The van der Waals surface area contributed by atoms with Crippen LogP contribution >= 0.6 is 0 Å². The lowest BCUT2D eigenvalue weighted by Crippen LogP contribution is -2.48. The second-order valence-electron chi connectivity index (χ2n) is 12.7. The zero-order valence-electron chi connectivity index (χ0n) is 27.0. The van der Waals surface area contributed by atoms with E-state index >= 15 is 0 Å². The summed E-state index contributed by atoms with van der Waals surface area (Å²) in [6.07, 6.45) is 3.40. The first-order valence-electron chi connectivity index (χ1n) is 16.4. The molecule has 0 spiro atoms. The molecule has 1 aliphatic heterocycles. The number of hydrogen-bond acceptors (Lipinski definition) is 7. The van der Waals surface area contributed by atoms with Crippen molar-refractivity contribution in [2.75, 3.05) is 38.2 Å². The van der Waals surface area contributed by atoms with Gasteiger partial charge in [0.1, 0.15) is 6.04 Å². The molecule has 6 N–H and O–H groups in total. The first-order valence-corrected chi connectivity index (χ1v) is 17.9. The number of amides is 2. The molecule has 13 heteroatoms. The Morgan fingerprint density at radius 3 is 2.52 bits per heavy atom. The van der Waals surface area contributed by atoms with Crippen molar-refractivity contribution in [3.63, 3.8) is 0 Å². The Kier molecular flexibility index (Phi) is 10.1. The van der Waals surface area contributed by atoms with Gasteiger partial charge < -0.3 is 21.1 Å². The largest absolute Gasteiger partial charge is 0.379 e. The number of anilines is 1. The average Bonchev–Trinajstić information content (AvgIpc) is 3.48. The van der Waals surface area contributed by atoms with Gasteiger partial charge in [-0.25, -0.2) is 8.42 Å². The molecule has 2 amide bonds. The smallest absolute Gasteiger partial charge is 0.271 e. The summed E-state index contributed by atoms with van der Waals surface area (Å²) in [7, 11) is -3.70. The van der Waals surface area contributed by atoms with E-state index in [9.17, 15) is 22.8 Å². The molecule has 1 unspecified atom stereocenters. The number of carbonyl (C=O) groups excluding carboxylic acids is 2. The summed E-state index contributed by atoms with van der Waals surface area (Å²) in [6.45, 7) is 3.87. The third kappa shape index (κ3) is 7.39. The fourth-order valence-corrected chi connectivity index (χ4v) is 8.05. The minimum atomic E-state index is -3.70. The van der Waals surface area contributed by atoms with Crippen LogP contribution in [0.4, 0.5) is 5.69 Å². The molecule has 48 heavy (non-hydrogen) atoms. The average molecular weight is 675 g/mol. The lowest BCUT2D eigenvalue weighted by Gasteiger charge is -2.28. The number of H-pyrrole nitrogens is 2. The van der Waals surface area contributed by atoms with Gasteiger partial charge in [0, 0.05) is 31.1 Å². The van der Waals surface area contributed by atoms with E-state index in [1.807, 2.05) is 31.2 Å². The molecule has 1 aliphatic carbocycles. The molecule has 0 bridgehead atoms. The number of aromatic amines is 2. The van der Waals surface area contributed by atoms with Crippen LogP contribution in [0.15, 0.2) is 70.4 Å². The SMILES string of the molecule is Cc1ccc(S(=O)(=O)N2CCOCC2)cc1-c1cccc(CC(NC(=O)C2CCC(CN)CC2)C(=O)Nc2ccc3c(=O)[nH][nH]c3c2)c1. The molecule has 2 fully saturated rings. The van der Waals surface area contributed by atoms with Crippen LogP contribution in [0, 0.1) is 18.8 Å². The van der Waals surface area contributed by atoms with E-state index in [1.54, 1.807) is 36.4 Å². The van der Waals surface area contributed by atoms with Gasteiger partial charge in [-0.2, -0.15) is 4.31 Å². The van der Waals surface area contributed by atoms with Gasteiger partial charge in [0.25, 0.3) is 5.56 Å². The van der Waals surface area contributed by atoms with Crippen LogP contribution < -0.4 is 21.9 Å². The van der Waals surface area contributed by atoms with Crippen molar-refractivity contribution in [2.45, 2.75) is 50.0 Å². The predicted octanol–water partition coefficient (Wildman–Crippen LogP) is 3.28. The normalized spacial score (nSPS) is 19.5. The van der Waals surface area contributed by atoms with Gasteiger partial charge in [0.15, 0.2) is 0 Å². The lowest BCUT2D eigenvalue weighted by atomic mass is 9.81. The molecule has 0 radical (unpaired) electrons. The molecule has 1 atom stereocenters. The zero-order chi connectivity index (χ0) is 33.8. The number of morpholine rings is 1. The van der Waals surface area contributed by atoms with Crippen molar-refractivity contribution in [2.24, 2.45) is 17.6 Å². The van der Waals surface area contributed by atoms with Crippen molar-refractivity contribution in [1.82, 2.24) is 19.8 Å². The van der Waals surface area contributed by atoms with Crippen LogP contribution in [-0.4, -0.2) is 73.6 Å². The third-order valence-corrected chi connectivity index (χ3v) is 11.4. The van der Waals surface area contributed by atoms with Gasteiger partial charge in [0.2, 0.25) is 21.8 Å². The van der Waals surface area contributed by atoms with Crippen LogP contribution in [0.2, 0.25) is 0 Å². The monoisotopic (exact) mass is 674 g/mol. The molecular formula is C35H42N6O6S.